The average Bonchev–Trinajstić information content (AvgIpc) is 3.03. The third-order valence-electron chi connectivity index (χ3n) is 4.31. The van der Waals surface area contributed by atoms with Crippen LogP contribution in [0.4, 0.5) is 11.4 Å². The van der Waals surface area contributed by atoms with Gasteiger partial charge >= 0.3 is 0 Å². The van der Waals surface area contributed by atoms with Crippen LogP contribution >= 0.6 is 11.8 Å². The van der Waals surface area contributed by atoms with Crippen LogP contribution in [0.15, 0.2) is 48.5 Å². The molecule has 2 amide bonds. The number of nitrogens with one attached hydrogen (secondary N) is 1. The fourth-order valence-corrected chi connectivity index (χ4v) is 3.97. The van der Waals surface area contributed by atoms with E-state index in [4.69, 9.17) is 4.74 Å². The Balaban J connectivity index is 1.89. The molecular formula is C21H24N2O3S. The first kappa shape index (κ1) is 19.3. The van der Waals surface area contributed by atoms with Gasteiger partial charge in [0, 0.05) is 22.9 Å². The Morgan fingerprint density at radius 2 is 1.93 bits per heavy atom. The van der Waals surface area contributed by atoms with Gasteiger partial charge < -0.3 is 10.1 Å². The van der Waals surface area contributed by atoms with Crippen LogP contribution in [0.3, 0.4) is 0 Å². The molecule has 5 nitrogen and oxygen atoms in total. The molecule has 27 heavy (non-hydrogen) atoms. The van der Waals surface area contributed by atoms with Gasteiger partial charge in [-0.15, -0.1) is 11.8 Å². The van der Waals surface area contributed by atoms with E-state index < -0.39 is 5.41 Å². The zero-order chi connectivity index (χ0) is 19.6. The van der Waals surface area contributed by atoms with Gasteiger partial charge in [-0.1, -0.05) is 39.0 Å². The summed E-state index contributed by atoms with van der Waals surface area (Å²) < 4.78 is 5.29. The van der Waals surface area contributed by atoms with Crippen molar-refractivity contribution in [2.24, 2.45) is 5.41 Å². The van der Waals surface area contributed by atoms with E-state index in [0.717, 1.165) is 16.9 Å². The van der Waals surface area contributed by atoms with Gasteiger partial charge in [0.05, 0.1) is 12.9 Å². The van der Waals surface area contributed by atoms with E-state index in [-0.39, 0.29) is 17.2 Å². The first-order valence-electron chi connectivity index (χ1n) is 8.79. The van der Waals surface area contributed by atoms with Crippen LogP contribution in [0.2, 0.25) is 0 Å². The van der Waals surface area contributed by atoms with Crippen LogP contribution < -0.4 is 15.0 Å². The summed E-state index contributed by atoms with van der Waals surface area (Å²) in [6, 6.07) is 15.2. The molecule has 1 aliphatic rings. The Kier molecular flexibility index (Phi) is 5.46. The minimum absolute atomic E-state index is 0.0422. The molecule has 1 saturated heterocycles. The second-order valence-corrected chi connectivity index (χ2v) is 8.53. The Hall–Kier alpha value is -2.47. The number of hydrogen-bond acceptors (Lipinski definition) is 4. The summed E-state index contributed by atoms with van der Waals surface area (Å²) in [6.07, 6.45) is 0. The van der Waals surface area contributed by atoms with Crippen molar-refractivity contribution < 1.29 is 14.3 Å². The largest absolute Gasteiger partial charge is 0.497 e. The van der Waals surface area contributed by atoms with Crippen molar-refractivity contribution in [1.82, 2.24) is 0 Å². The lowest BCUT2D eigenvalue weighted by Crippen LogP contribution is -2.28. The Labute approximate surface area is 164 Å². The van der Waals surface area contributed by atoms with Crippen molar-refractivity contribution in [1.29, 1.82) is 0 Å². The Morgan fingerprint density at radius 1 is 1.19 bits per heavy atom. The predicted octanol–water partition coefficient (Wildman–Crippen LogP) is 4.46. The maximum absolute atomic E-state index is 12.5. The number of rotatable bonds is 4. The van der Waals surface area contributed by atoms with Gasteiger partial charge in [-0.2, -0.15) is 0 Å². The van der Waals surface area contributed by atoms with E-state index >= 15 is 0 Å². The molecule has 142 valence electrons. The van der Waals surface area contributed by atoms with E-state index in [1.165, 1.54) is 0 Å². The minimum atomic E-state index is -0.472. The van der Waals surface area contributed by atoms with Gasteiger partial charge in [0.15, 0.2) is 0 Å². The highest BCUT2D eigenvalue weighted by molar-refractivity contribution is 8.00. The van der Waals surface area contributed by atoms with Crippen molar-refractivity contribution in [3.63, 3.8) is 0 Å². The van der Waals surface area contributed by atoms with Crippen LogP contribution in [-0.4, -0.2) is 24.7 Å². The van der Waals surface area contributed by atoms with E-state index in [1.54, 1.807) is 23.8 Å². The Morgan fingerprint density at radius 3 is 2.63 bits per heavy atom. The molecule has 6 heteroatoms. The molecule has 0 unspecified atom stereocenters. The molecule has 0 saturated carbocycles. The number of hydrogen-bond donors (Lipinski definition) is 1. The normalized spacial score (nSPS) is 17.1. The van der Waals surface area contributed by atoms with Gasteiger partial charge in [0.1, 0.15) is 11.1 Å². The molecule has 1 aliphatic heterocycles. The predicted molar refractivity (Wildman–Crippen MR) is 110 cm³/mol. The number of carbonyl (C=O) groups is 2. The quantitative estimate of drug-likeness (QED) is 0.846. The van der Waals surface area contributed by atoms with Crippen LogP contribution in [0, 0.1) is 5.41 Å². The molecule has 1 atom stereocenters. The van der Waals surface area contributed by atoms with Crippen molar-refractivity contribution in [3.8, 4) is 5.75 Å². The molecule has 0 radical (unpaired) electrons. The second-order valence-electron chi connectivity index (χ2n) is 7.46. The third kappa shape index (κ3) is 4.27. The molecule has 1 heterocycles. The third-order valence-corrected chi connectivity index (χ3v) is 5.52. The monoisotopic (exact) mass is 384 g/mol. The van der Waals surface area contributed by atoms with Gasteiger partial charge in [0.25, 0.3) is 0 Å². The molecule has 0 aliphatic carbocycles. The van der Waals surface area contributed by atoms with Gasteiger partial charge in [-0.25, -0.2) is 0 Å². The van der Waals surface area contributed by atoms with Crippen molar-refractivity contribution in [2.45, 2.75) is 26.1 Å². The van der Waals surface area contributed by atoms with Gasteiger partial charge in [0.2, 0.25) is 11.8 Å². The maximum atomic E-state index is 12.5. The lowest BCUT2D eigenvalue weighted by molar-refractivity contribution is -0.123. The number of methoxy groups -OCH3 is 1. The molecule has 0 spiro atoms. The van der Waals surface area contributed by atoms with Crippen LogP contribution in [0.5, 0.6) is 5.75 Å². The second kappa shape index (κ2) is 7.64. The Bertz CT molecular complexity index is 861. The van der Waals surface area contributed by atoms with Crippen LogP contribution in [0.1, 0.15) is 31.7 Å². The van der Waals surface area contributed by atoms with E-state index in [1.807, 2.05) is 69.3 Å². The average molecular weight is 385 g/mol. The van der Waals surface area contributed by atoms with E-state index in [2.05, 4.69) is 5.32 Å². The van der Waals surface area contributed by atoms with Crippen molar-refractivity contribution in [2.75, 3.05) is 23.1 Å². The fraction of sp³-hybridized carbons (Fsp3) is 0.333. The van der Waals surface area contributed by atoms with Gasteiger partial charge in [-0.05, 0) is 29.8 Å². The molecular weight excluding hydrogens is 360 g/mol. The number of ether oxygens (including phenoxy) is 1. The van der Waals surface area contributed by atoms with E-state index in [9.17, 15) is 9.59 Å². The zero-order valence-electron chi connectivity index (χ0n) is 16.0. The summed E-state index contributed by atoms with van der Waals surface area (Å²) in [5, 5.41) is 2.82. The first-order valence-corrected chi connectivity index (χ1v) is 9.83. The highest BCUT2D eigenvalue weighted by Gasteiger charge is 2.34. The number of nitrogens with zero attached hydrogens (tertiary/aromatic N) is 1. The first-order chi connectivity index (χ1) is 12.8. The number of benzene rings is 2. The summed E-state index contributed by atoms with van der Waals surface area (Å²) in [6.45, 7) is 5.63. The van der Waals surface area contributed by atoms with Crippen molar-refractivity contribution in [3.05, 3.63) is 54.1 Å². The SMILES string of the molecule is COc1cccc(N2C(=O)CS[C@H]2c2cccc(NC(=O)C(C)(C)C)c2)c1. The van der Waals surface area contributed by atoms with Crippen molar-refractivity contribution >= 4 is 35.0 Å². The standard InChI is InChI=1S/C21H24N2O3S/c1-21(2,3)20(25)22-15-8-5-7-14(11-15)19-23(18(24)13-27-19)16-9-6-10-17(12-16)26-4/h5-12,19H,13H2,1-4H3,(H,22,25)/t19-/m0/s1. The maximum Gasteiger partial charge on any atom is 0.238 e. The smallest absolute Gasteiger partial charge is 0.238 e. The van der Waals surface area contributed by atoms with E-state index in [0.29, 0.717) is 11.5 Å². The molecule has 0 bridgehead atoms. The highest BCUT2D eigenvalue weighted by atomic mass is 32.2. The number of thioether (sulfide) groups is 1. The lowest BCUT2D eigenvalue weighted by Gasteiger charge is -2.25. The fourth-order valence-electron chi connectivity index (χ4n) is 2.80. The molecule has 2 aromatic carbocycles. The zero-order valence-corrected chi connectivity index (χ0v) is 16.8. The minimum Gasteiger partial charge on any atom is -0.497 e. The summed E-state index contributed by atoms with van der Waals surface area (Å²) in [4.78, 5) is 26.6. The highest BCUT2D eigenvalue weighted by Crippen LogP contribution is 2.42. The lowest BCUT2D eigenvalue weighted by atomic mass is 9.95. The summed E-state index contributed by atoms with van der Waals surface area (Å²) >= 11 is 1.58. The number of anilines is 2. The summed E-state index contributed by atoms with van der Waals surface area (Å²) in [5.74, 6) is 1.14. The molecule has 1 fully saturated rings. The number of carbonyl (C=O) groups excluding carboxylic acids is 2. The summed E-state index contributed by atoms with van der Waals surface area (Å²) in [7, 11) is 1.61. The number of amides is 2. The molecule has 3 rings (SSSR count). The molecule has 1 N–H and O–H groups in total. The molecule has 0 aromatic heterocycles. The van der Waals surface area contributed by atoms with Gasteiger partial charge in [-0.3, -0.25) is 14.5 Å². The summed E-state index contributed by atoms with van der Waals surface area (Å²) in [5.41, 5.74) is 2.04. The molecule has 2 aromatic rings. The van der Waals surface area contributed by atoms with Crippen LogP contribution in [0.25, 0.3) is 0 Å². The topological polar surface area (TPSA) is 58.6 Å². The van der Waals surface area contributed by atoms with Crippen LogP contribution in [-0.2, 0) is 9.59 Å².